The van der Waals surface area contributed by atoms with Crippen molar-refractivity contribution in [3.05, 3.63) is 29.8 Å². The number of amides is 1. The summed E-state index contributed by atoms with van der Waals surface area (Å²) in [4.78, 5) is 9.95. The Balaban J connectivity index is 2.80. The highest BCUT2D eigenvalue weighted by atomic mass is 19.1. The number of carbonyl (C=O) groups excluding carboxylic acids is 1. The van der Waals surface area contributed by atoms with Crippen LogP contribution in [0.15, 0.2) is 24.3 Å². The van der Waals surface area contributed by atoms with Crippen LogP contribution < -0.4 is 5.32 Å². The molecule has 0 aromatic heterocycles. The monoisotopic (exact) mass is 163 g/mol. The van der Waals surface area contributed by atoms with E-state index in [0.717, 1.165) is 0 Å². The van der Waals surface area contributed by atoms with Crippen molar-refractivity contribution in [2.75, 3.05) is 5.32 Å². The number of anilines is 1. The van der Waals surface area contributed by atoms with Crippen LogP contribution in [0.1, 0.15) is 5.56 Å². The van der Waals surface area contributed by atoms with Crippen LogP contribution >= 0.6 is 0 Å². The summed E-state index contributed by atoms with van der Waals surface area (Å²) in [5.74, 6) is 2.40. The minimum Gasteiger partial charge on any atom is -0.298 e. The Hall–Kier alpha value is -1.82. The summed E-state index contributed by atoms with van der Waals surface area (Å²) in [5.41, 5.74) is 1.08. The molecule has 0 aliphatic carbocycles. The van der Waals surface area contributed by atoms with Crippen LogP contribution in [0.25, 0.3) is 0 Å². The van der Waals surface area contributed by atoms with Crippen LogP contribution in [0.5, 0.6) is 0 Å². The Bertz CT molecular complexity index is 323. The number of nitrogens with one attached hydrogen (secondary N) is 1. The predicted molar refractivity (Wildman–Crippen MR) is 44.5 cm³/mol. The Morgan fingerprint density at radius 3 is 2.42 bits per heavy atom. The molecular weight excluding hydrogens is 157 g/mol. The lowest BCUT2D eigenvalue weighted by atomic mass is 10.2. The molecule has 0 unspecified atom stereocenters. The largest absolute Gasteiger partial charge is 0.401 e. The Kier molecular flexibility index (Phi) is 2.44. The molecular formula is C9H6FNO. The molecule has 3 heteroatoms. The van der Waals surface area contributed by atoms with E-state index in [1.807, 2.05) is 5.32 Å². The molecule has 1 rings (SSSR count). The molecule has 0 saturated carbocycles. The average Bonchev–Trinajstić information content (AvgIpc) is 2.05. The summed E-state index contributed by atoms with van der Waals surface area (Å²) in [6.07, 6.45) is 3.51. The van der Waals surface area contributed by atoms with Gasteiger partial charge in [0.05, 0.1) is 0 Å². The van der Waals surface area contributed by atoms with Crippen molar-refractivity contribution in [1.82, 2.24) is 0 Å². The zero-order chi connectivity index (χ0) is 8.97. The van der Waals surface area contributed by atoms with Gasteiger partial charge in [-0.2, -0.15) is 0 Å². The van der Waals surface area contributed by atoms with Gasteiger partial charge in [-0.3, -0.25) is 5.32 Å². The van der Waals surface area contributed by atoms with Gasteiger partial charge in [-0.25, -0.2) is 4.79 Å². The summed E-state index contributed by atoms with van der Waals surface area (Å²) < 4.78 is 11.8. The molecule has 0 aliphatic rings. The fourth-order valence-corrected chi connectivity index (χ4v) is 0.763. The maximum atomic E-state index is 11.8. The smallest absolute Gasteiger partial charge is 0.298 e. The quantitative estimate of drug-likeness (QED) is 0.383. The molecule has 1 aromatic carbocycles. The number of terminal acetylenes is 1. The van der Waals surface area contributed by atoms with Crippen molar-refractivity contribution in [2.24, 2.45) is 0 Å². The Morgan fingerprint density at radius 2 is 2.00 bits per heavy atom. The van der Waals surface area contributed by atoms with E-state index in [4.69, 9.17) is 6.42 Å². The third-order valence-corrected chi connectivity index (χ3v) is 1.29. The maximum absolute atomic E-state index is 11.8. The molecule has 0 spiro atoms. The van der Waals surface area contributed by atoms with Crippen molar-refractivity contribution in [3.63, 3.8) is 0 Å². The summed E-state index contributed by atoms with van der Waals surface area (Å²) in [7, 11) is 0. The molecule has 60 valence electrons. The van der Waals surface area contributed by atoms with Crippen molar-refractivity contribution in [2.45, 2.75) is 0 Å². The highest BCUT2D eigenvalue weighted by Crippen LogP contribution is 2.08. The molecule has 2 nitrogen and oxygen atoms in total. The molecule has 1 amide bonds. The normalized spacial score (nSPS) is 8.67. The van der Waals surface area contributed by atoms with E-state index in [1.165, 1.54) is 12.1 Å². The second-order valence-electron chi connectivity index (χ2n) is 2.12. The highest BCUT2D eigenvalue weighted by molar-refractivity contribution is 5.83. The second-order valence-corrected chi connectivity index (χ2v) is 2.12. The van der Waals surface area contributed by atoms with E-state index < -0.39 is 6.16 Å². The van der Waals surface area contributed by atoms with Crippen molar-refractivity contribution in [3.8, 4) is 12.3 Å². The lowest BCUT2D eigenvalue weighted by molar-refractivity contribution is 0.235. The zero-order valence-corrected chi connectivity index (χ0v) is 6.17. The van der Waals surface area contributed by atoms with E-state index in [2.05, 4.69) is 5.92 Å². The van der Waals surface area contributed by atoms with E-state index in [1.54, 1.807) is 12.1 Å². The molecule has 0 heterocycles. The standard InChI is InChI=1S/C9H6FNO/c1-2-7-3-5-8(6-4-7)11-9(10)12/h1,3-6H,(H,11,12). The molecule has 12 heavy (non-hydrogen) atoms. The highest BCUT2D eigenvalue weighted by Gasteiger charge is 1.96. The van der Waals surface area contributed by atoms with Crippen molar-refractivity contribution in [1.29, 1.82) is 0 Å². The first-order valence-electron chi connectivity index (χ1n) is 3.25. The average molecular weight is 163 g/mol. The number of benzene rings is 1. The molecule has 1 N–H and O–H groups in total. The second kappa shape index (κ2) is 3.54. The van der Waals surface area contributed by atoms with Crippen molar-refractivity contribution >= 4 is 11.8 Å². The van der Waals surface area contributed by atoms with Gasteiger partial charge >= 0.3 is 6.16 Å². The van der Waals surface area contributed by atoms with Crippen molar-refractivity contribution < 1.29 is 9.18 Å². The van der Waals surface area contributed by atoms with Gasteiger partial charge in [0.25, 0.3) is 0 Å². The summed E-state index contributed by atoms with van der Waals surface area (Å²) in [5, 5.41) is 1.98. The summed E-state index contributed by atoms with van der Waals surface area (Å²) in [6.45, 7) is 0. The predicted octanol–water partition coefficient (Wildman–Crippen LogP) is 2.17. The third-order valence-electron chi connectivity index (χ3n) is 1.29. The first kappa shape index (κ1) is 8.28. The van der Waals surface area contributed by atoms with Gasteiger partial charge in [-0.05, 0) is 24.3 Å². The summed E-state index contributed by atoms with van der Waals surface area (Å²) in [6, 6.07) is 6.30. The Labute approximate surface area is 69.4 Å². The number of hydrogen-bond acceptors (Lipinski definition) is 1. The van der Waals surface area contributed by atoms with Gasteiger partial charge < -0.3 is 0 Å². The fraction of sp³-hybridized carbons (Fsp3) is 0. The van der Waals surface area contributed by atoms with Gasteiger partial charge in [0.2, 0.25) is 0 Å². The van der Waals surface area contributed by atoms with Gasteiger partial charge in [0, 0.05) is 11.3 Å². The number of carbonyl (C=O) groups is 1. The van der Waals surface area contributed by atoms with Crippen LogP contribution in [0.2, 0.25) is 0 Å². The molecule has 0 aliphatic heterocycles. The zero-order valence-electron chi connectivity index (χ0n) is 6.17. The fourth-order valence-electron chi connectivity index (χ4n) is 0.763. The van der Waals surface area contributed by atoms with Gasteiger partial charge in [-0.1, -0.05) is 5.92 Å². The topological polar surface area (TPSA) is 29.1 Å². The van der Waals surface area contributed by atoms with Crippen LogP contribution in [0.4, 0.5) is 14.9 Å². The number of rotatable bonds is 1. The van der Waals surface area contributed by atoms with E-state index in [0.29, 0.717) is 11.3 Å². The van der Waals surface area contributed by atoms with Crippen LogP contribution in [0.3, 0.4) is 0 Å². The van der Waals surface area contributed by atoms with Gasteiger partial charge in [0.1, 0.15) is 0 Å². The SMILES string of the molecule is C#Cc1ccc(NC(=O)F)cc1. The molecule has 1 aromatic rings. The minimum atomic E-state index is -1.58. The summed E-state index contributed by atoms with van der Waals surface area (Å²) >= 11 is 0. The van der Waals surface area contributed by atoms with E-state index in [-0.39, 0.29) is 0 Å². The molecule has 0 fully saturated rings. The number of hydrogen-bond donors (Lipinski definition) is 1. The first-order chi connectivity index (χ1) is 5.72. The van der Waals surface area contributed by atoms with Crippen LogP contribution in [-0.4, -0.2) is 6.16 Å². The lowest BCUT2D eigenvalue weighted by Gasteiger charge is -1.98. The molecule has 0 bridgehead atoms. The molecule has 0 atom stereocenters. The van der Waals surface area contributed by atoms with Gasteiger partial charge in [-0.15, -0.1) is 10.8 Å². The Morgan fingerprint density at radius 1 is 1.42 bits per heavy atom. The minimum absolute atomic E-state index is 0.390. The molecule has 0 radical (unpaired) electrons. The van der Waals surface area contributed by atoms with E-state index in [9.17, 15) is 9.18 Å². The van der Waals surface area contributed by atoms with Crippen LogP contribution in [-0.2, 0) is 0 Å². The lowest BCUT2D eigenvalue weighted by Crippen LogP contribution is -2.01. The molecule has 0 saturated heterocycles. The maximum Gasteiger partial charge on any atom is 0.401 e. The number of halogens is 1. The van der Waals surface area contributed by atoms with E-state index >= 15 is 0 Å². The first-order valence-corrected chi connectivity index (χ1v) is 3.25. The van der Waals surface area contributed by atoms with Gasteiger partial charge in [0.15, 0.2) is 0 Å². The van der Waals surface area contributed by atoms with Crippen LogP contribution in [0, 0.1) is 12.3 Å². The third kappa shape index (κ3) is 2.10.